The van der Waals surface area contributed by atoms with Gasteiger partial charge >= 0.3 is 0 Å². The molecule has 0 aromatic carbocycles. The molecule has 1 fully saturated rings. The summed E-state index contributed by atoms with van der Waals surface area (Å²) in [6.07, 6.45) is 6.40. The maximum atomic E-state index is 11.5. The Morgan fingerprint density at radius 3 is 2.79 bits per heavy atom. The molecule has 1 saturated carbocycles. The summed E-state index contributed by atoms with van der Waals surface area (Å²) in [6, 6.07) is 0.544. The lowest BCUT2D eigenvalue weighted by Crippen LogP contribution is -2.23. The number of anilines is 1. The van der Waals surface area contributed by atoms with Gasteiger partial charge in [-0.2, -0.15) is 0 Å². The smallest absolute Gasteiger partial charge is 0.232 e. The first-order chi connectivity index (χ1) is 9.15. The fourth-order valence-corrected chi connectivity index (χ4v) is 3.81. The van der Waals surface area contributed by atoms with Crippen LogP contribution in [0.3, 0.4) is 0 Å². The Kier molecular flexibility index (Phi) is 5.45. The molecule has 1 heterocycles. The normalized spacial score (nSPS) is 16.3. The first-order valence-corrected chi connectivity index (χ1v) is 8.38. The van der Waals surface area contributed by atoms with Crippen molar-refractivity contribution in [2.45, 2.75) is 42.5 Å². The van der Waals surface area contributed by atoms with E-state index in [9.17, 15) is 4.79 Å². The Morgan fingerprint density at radius 2 is 2.11 bits per heavy atom. The second-order valence-corrected chi connectivity index (χ2v) is 7.13. The highest BCUT2D eigenvalue weighted by Gasteiger charge is 2.15. The fourth-order valence-electron chi connectivity index (χ4n) is 2.00. The van der Waals surface area contributed by atoms with Gasteiger partial charge in [0.2, 0.25) is 11.0 Å². The van der Waals surface area contributed by atoms with Crippen molar-refractivity contribution >= 4 is 34.1 Å². The monoisotopic (exact) mass is 300 g/mol. The lowest BCUT2D eigenvalue weighted by Gasteiger charge is -2.21. The summed E-state index contributed by atoms with van der Waals surface area (Å²) in [5.74, 6) is 0.521. The predicted octanol–water partition coefficient (Wildman–Crippen LogP) is 2.46. The third kappa shape index (κ3) is 4.65. The topological polar surface area (TPSA) is 58.1 Å². The number of nitrogens with one attached hydrogen (secondary N) is 1. The van der Waals surface area contributed by atoms with E-state index < -0.39 is 0 Å². The van der Waals surface area contributed by atoms with Crippen LogP contribution in [0.4, 0.5) is 5.13 Å². The van der Waals surface area contributed by atoms with Crippen LogP contribution in [0, 0.1) is 0 Å². The van der Waals surface area contributed by atoms with Crippen LogP contribution in [0.5, 0.6) is 0 Å². The van der Waals surface area contributed by atoms with E-state index in [4.69, 9.17) is 0 Å². The molecule has 0 saturated heterocycles. The Morgan fingerprint density at radius 1 is 1.37 bits per heavy atom. The highest BCUT2D eigenvalue weighted by Crippen LogP contribution is 2.28. The van der Waals surface area contributed by atoms with Gasteiger partial charge in [-0.3, -0.25) is 4.79 Å². The van der Waals surface area contributed by atoms with E-state index in [1.165, 1.54) is 55.2 Å². The third-order valence-corrected chi connectivity index (χ3v) is 5.13. The van der Waals surface area contributed by atoms with Crippen molar-refractivity contribution in [3.05, 3.63) is 0 Å². The minimum absolute atomic E-state index is 0.0991. The highest BCUT2D eigenvalue weighted by molar-refractivity contribution is 8.01. The van der Waals surface area contributed by atoms with Crippen LogP contribution < -0.4 is 5.32 Å². The summed E-state index contributed by atoms with van der Waals surface area (Å²) >= 11 is 2.99. The number of rotatable bonds is 5. The van der Waals surface area contributed by atoms with E-state index in [-0.39, 0.29) is 5.91 Å². The second kappa shape index (κ2) is 7.09. The van der Waals surface area contributed by atoms with E-state index in [1.54, 1.807) is 19.0 Å². The minimum Gasteiger partial charge on any atom is -0.357 e. The number of amides is 1. The molecule has 1 aliphatic rings. The number of nitrogens with zero attached hydrogens (tertiary/aromatic N) is 3. The third-order valence-electron chi connectivity index (χ3n) is 3.16. The van der Waals surface area contributed by atoms with Gasteiger partial charge in [0, 0.05) is 20.1 Å². The number of carbonyl (C=O) groups is 1. The lowest BCUT2D eigenvalue weighted by atomic mass is 9.96. The van der Waals surface area contributed by atoms with Crippen LogP contribution in [0.2, 0.25) is 0 Å². The van der Waals surface area contributed by atoms with Crippen LogP contribution in [0.15, 0.2) is 4.34 Å². The predicted molar refractivity (Wildman–Crippen MR) is 79.8 cm³/mol. The largest absolute Gasteiger partial charge is 0.357 e. The van der Waals surface area contributed by atoms with E-state index in [0.29, 0.717) is 11.8 Å². The van der Waals surface area contributed by atoms with E-state index >= 15 is 0 Å². The minimum atomic E-state index is 0.0991. The molecule has 0 atom stereocenters. The van der Waals surface area contributed by atoms with Gasteiger partial charge in [-0.1, -0.05) is 42.4 Å². The van der Waals surface area contributed by atoms with Crippen molar-refractivity contribution in [2.75, 3.05) is 25.2 Å². The molecule has 0 bridgehead atoms. The van der Waals surface area contributed by atoms with Gasteiger partial charge in [0.15, 0.2) is 4.34 Å². The maximum Gasteiger partial charge on any atom is 0.232 e. The van der Waals surface area contributed by atoms with Crippen molar-refractivity contribution in [3.8, 4) is 0 Å². The molecule has 7 heteroatoms. The van der Waals surface area contributed by atoms with Gasteiger partial charge in [-0.15, -0.1) is 10.2 Å². The van der Waals surface area contributed by atoms with Crippen LogP contribution in [-0.2, 0) is 4.79 Å². The summed E-state index contributed by atoms with van der Waals surface area (Å²) in [5.41, 5.74) is 0. The fraction of sp³-hybridized carbons (Fsp3) is 0.750. The summed E-state index contributed by atoms with van der Waals surface area (Å²) in [5, 5.41) is 12.6. The number of aromatic nitrogens is 2. The molecule has 1 aromatic heterocycles. The Bertz CT molecular complexity index is 416. The van der Waals surface area contributed by atoms with Crippen molar-refractivity contribution in [2.24, 2.45) is 0 Å². The van der Waals surface area contributed by atoms with Crippen LogP contribution in [0.1, 0.15) is 32.1 Å². The summed E-state index contributed by atoms with van der Waals surface area (Å²) in [7, 11) is 3.53. The zero-order valence-corrected chi connectivity index (χ0v) is 13.0. The number of carbonyl (C=O) groups excluding carboxylic acids is 1. The molecule has 19 heavy (non-hydrogen) atoms. The second-order valence-electron chi connectivity index (χ2n) is 4.93. The van der Waals surface area contributed by atoms with Crippen LogP contribution in [-0.4, -0.2) is 46.9 Å². The maximum absolute atomic E-state index is 11.5. The molecular formula is C12H20N4OS2. The molecule has 106 valence electrons. The zero-order chi connectivity index (χ0) is 13.7. The first kappa shape index (κ1) is 14.6. The van der Waals surface area contributed by atoms with E-state index in [1.807, 2.05) is 0 Å². The molecule has 0 aliphatic heterocycles. The molecule has 1 N–H and O–H groups in total. The molecular weight excluding hydrogens is 280 g/mol. The van der Waals surface area contributed by atoms with Crippen LogP contribution >= 0.6 is 23.1 Å². The highest BCUT2D eigenvalue weighted by atomic mass is 32.2. The summed E-state index contributed by atoms with van der Waals surface area (Å²) in [4.78, 5) is 13.1. The van der Waals surface area contributed by atoms with Crippen molar-refractivity contribution in [1.29, 1.82) is 0 Å². The molecule has 1 aromatic rings. The number of thioether (sulfide) groups is 1. The van der Waals surface area contributed by atoms with Crippen molar-refractivity contribution in [1.82, 2.24) is 15.1 Å². The van der Waals surface area contributed by atoms with Crippen molar-refractivity contribution < 1.29 is 4.79 Å². The lowest BCUT2D eigenvalue weighted by molar-refractivity contribution is -0.125. The van der Waals surface area contributed by atoms with Gasteiger partial charge in [0.05, 0.1) is 5.75 Å². The quantitative estimate of drug-likeness (QED) is 0.847. The first-order valence-electron chi connectivity index (χ1n) is 6.58. The number of hydrogen-bond donors (Lipinski definition) is 1. The van der Waals surface area contributed by atoms with Crippen molar-refractivity contribution in [3.63, 3.8) is 0 Å². The van der Waals surface area contributed by atoms with Gasteiger partial charge in [0.25, 0.3) is 0 Å². The summed E-state index contributed by atoms with van der Waals surface area (Å²) < 4.78 is 0.855. The van der Waals surface area contributed by atoms with Gasteiger partial charge in [-0.05, 0) is 12.8 Å². The average molecular weight is 300 g/mol. The van der Waals surface area contributed by atoms with E-state index in [0.717, 1.165) is 9.47 Å². The van der Waals surface area contributed by atoms with Gasteiger partial charge < -0.3 is 10.2 Å². The molecule has 2 rings (SSSR count). The number of hydrogen-bond acceptors (Lipinski definition) is 6. The summed E-state index contributed by atoms with van der Waals surface area (Å²) in [6.45, 7) is 0. The molecule has 0 unspecified atom stereocenters. The average Bonchev–Trinajstić information content (AvgIpc) is 2.84. The van der Waals surface area contributed by atoms with Gasteiger partial charge in [0.1, 0.15) is 0 Å². The molecule has 5 nitrogen and oxygen atoms in total. The Labute approximate surface area is 122 Å². The SMILES string of the molecule is CN(C)C(=O)CSc1nnc(NC2CCCCC2)s1. The molecule has 1 amide bonds. The van der Waals surface area contributed by atoms with E-state index in [2.05, 4.69) is 15.5 Å². The Hall–Kier alpha value is -0.820. The molecule has 1 aliphatic carbocycles. The van der Waals surface area contributed by atoms with Gasteiger partial charge in [-0.25, -0.2) is 0 Å². The van der Waals surface area contributed by atoms with Crippen LogP contribution in [0.25, 0.3) is 0 Å². The molecule has 0 radical (unpaired) electrons. The Balaban J connectivity index is 1.79. The standard InChI is InChI=1S/C12H20N4OS2/c1-16(2)10(17)8-18-12-15-14-11(19-12)13-9-6-4-3-5-7-9/h9H,3-8H2,1-2H3,(H,13,14). The molecule has 0 spiro atoms. The zero-order valence-electron chi connectivity index (χ0n) is 11.4.